The van der Waals surface area contributed by atoms with Crippen LogP contribution in [0.5, 0.6) is 0 Å². The highest BCUT2D eigenvalue weighted by Crippen LogP contribution is 2.24. The average molecular weight is 208 g/mol. The molecule has 0 radical (unpaired) electrons. The van der Waals surface area contributed by atoms with Crippen molar-refractivity contribution < 1.29 is 0 Å². The topological polar surface area (TPSA) is 4.93 Å². The number of nitrogens with zero attached hydrogens (tertiary/aromatic N) is 1. The fourth-order valence-corrected chi connectivity index (χ4v) is 2.30. The molecule has 1 heterocycles. The summed E-state index contributed by atoms with van der Waals surface area (Å²) in [7, 11) is -1.30. The van der Waals surface area contributed by atoms with Crippen LogP contribution in [-0.2, 0) is 0 Å². The van der Waals surface area contributed by atoms with Gasteiger partial charge in [0.05, 0.1) is 10.0 Å². The Balaban J connectivity index is 3.08. The fourth-order valence-electron chi connectivity index (χ4n) is 0.792. The second-order valence-electron chi connectivity index (χ2n) is 3.53. The molecule has 0 bridgehead atoms. The summed E-state index contributed by atoms with van der Waals surface area (Å²) in [5.74, 6) is 0. The van der Waals surface area contributed by atoms with E-state index in [1.165, 1.54) is 0 Å². The van der Waals surface area contributed by atoms with E-state index in [2.05, 4.69) is 23.9 Å². The van der Waals surface area contributed by atoms with Gasteiger partial charge in [0.2, 0.25) is 0 Å². The number of halogens is 2. The minimum Gasteiger partial charge on any atom is -0.379 e. The summed E-state index contributed by atoms with van der Waals surface area (Å²) < 4.78 is 2.14. The molecule has 1 rings (SSSR count). The zero-order valence-electron chi connectivity index (χ0n) is 6.86. The number of rotatable bonds is 1. The van der Waals surface area contributed by atoms with Crippen molar-refractivity contribution in [1.29, 1.82) is 0 Å². The maximum absolute atomic E-state index is 5.80. The van der Waals surface area contributed by atoms with Gasteiger partial charge in [-0.1, -0.05) is 42.8 Å². The molecule has 0 fully saturated rings. The lowest BCUT2D eigenvalue weighted by Crippen LogP contribution is -2.30. The lowest BCUT2D eigenvalue weighted by molar-refractivity contribution is 1.15. The van der Waals surface area contributed by atoms with Crippen molar-refractivity contribution in [3.63, 3.8) is 0 Å². The van der Waals surface area contributed by atoms with E-state index < -0.39 is 8.24 Å². The summed E-state index contributed by atoms with van der Waals surface area (Å²) in [5.41, 5.74) is 0. The monoisotopic (exact) mass is 207 g/mol. The van der Waals surface area contributed by atoms with Crippen LogP contribution in [0.1, 0.15) is 0 Å². The summed E-state index contributed by atoms with van der Waals surface area (Å²) in [5, 5.41) is 1.29. The van der Waals surface area contributed by atoms with Gasteiger partial charge in [0.25, 0.3) is 0 Å². The van der Waals surface area contributed by atoms with Gasteiger partial charge in [-0.2, -0.15) is 0 Å². The highest BCUT2D eigenvalue weighted by molar-refractivity contribution is 6.74. The van der Waals surface area contributed by atoms with E-state index in [4.69, 9.17) is 23.2 Å². The molecular formula is C7H11Cl2NSi. The maximum atomic E-state index is 5.80. The van der Waals surface area contributed by atoms with Crippen molar-refractivity contribution in [3.8, 4) is 0 Å². The molecule has 0 saturated carbocycles. The molecule has 62 valence electrons. The molecule has 1 nitrogen and oxygen atoms in total. The Hall–Kier alpha value is 0.0769. The highest BCUT2D eigenvalue weighted by atomic mass is 35.5. The third-order valence-electron chi connectivity index (χ3n) is 1.51. The molecule has 0 unspecified atom stereocenters. The van der Waals surface area contributed by atoms with Crippen LogP contribution in [-0.4, -0.2) is 12.5 Å². The van der Waals surface area contributed by atoms with Crippen LogP contribution in [0, 0.1) is 0 Å². The zero-order valence-corrected chi connectivity index (χ0v) is 9.37. The molecule has 0 N–H and O–H groups in total. The van der Waals surface area contributed by atoms with Gasteiger partial charge in [-0.15, -0.1) is 0 Å². The van der Waals surface area contributed by atoms with Crippen LogP contribution in [0.4, 0.5) is 0 Å². The van der Waals surface area contributed by atoms with E-state index in [1.807, 2.05) is 12.4 Å². The summed E-state index contributed by atoms with van der Waals surface area (Å²) in [6.07, 6.45) is 3.80. The van der Waals surface area contributed by atoms with Crippen molar-refractivity contribution in [3.05, 3.63) is 22.4 Å². The molecule has 0 aliphatic heterocycles. The molecule has 0 atom stereocenters. The van der Waals surface area contributed by atoms with Gasteiger partial charge in [-0.3, -0.25) is 0 Å². The van der Waals surface area contributed by atoms with Crippen molar-refractivity contribution in [1.82, 2.24) is 4.23 Å². The van der Waals surface area contributed by atoms with E-state index in [0.717, 1.165) is 0 Å². The standard InChI is InChI=1S/C7H11Cl2NSi/c1-11(2,3)10-4-6(8)7(9)5-10/h4-5H,1-3H3. The van der Waals surface area contributed by atoms with Gasteiger partial charge in [0.15, 0.2) is 8.24 Å². The van der Waals surface area contributed by atoms with Gasteiger partial charge in [-0.25, -0.2) is 0 Å². The maximum Gasteiger partial charge on any atom is 0.152 e. The first-order valence-electron chi connectivity index (χ1n) is 3.45. The van der Waals surface area contributed by atoms with Crippen LogP contribution in [0.2, 0.25) is 29.7 Å². The fraction of sp³-hybridized carbons (Fsp3) is 0.429. The Morgan fingerprint density at radius 1 is 1.09 bits per heavy atom. The lowest BCUT2D eigenvalue weighted by atomic mass is 10.7. The SMILES string of the molecule is C[Si](C)(C)n1cc(Cl)c(Cl)c1. The van der Waals surface area contributed by atoms with Crippen LogP contribution in [0.25, 0.3) is 0 Å². The van der Waals surface area contributed by atoms with E-state index in [0.29, 0.717) is 10.0 Å². The first kappa shape index (κ1) is 9.17. The largest absolute Gasteiger partial charge is 0.379 e. The normalized spacial score (nSPS) is 12.1. The molecule has 0 saturated heterocycles. The minimum atomic E-state index is -1.30. The Kier molecular flexibility index (Phi) is 2.37. The summed E-state index contributed by atoms with van der Waals surface area (Å²) in [6.45, 7) is 6.71. The Bertz CT molecular complexity index is 242. The summed E-state index contributed by atoms with van der Waals surface area (Å²) in [4.78, 5) is 0. The molecule has 0 amide bonds. The quantitative estimate of drug-likeness (QED) is 0.622. The highest BCUT2D eigenvalue weighted by Gasteiger charge is 2.17. The van der Waals surface area contributed by atoms with Gasteiger partial charge in [-0.05, 0) is 0 Å². The number of hydrogen-bond donors (Lipinski definition) is 0. The molecule has 0 aromatic carbocycles. The van der Waals surface area contributed by atoms with Gasteiger partial charge >= 0.3 is 0 Å². The number of hydrogen-bond acceptors (Lipinski definition) is 0. The summed E-state index contributed by atoms with van der Waals surface area (Å²) >= 11 is 11.6. The Labute approximate surface area is 78.0 Å². The molecule has 11 heavy (non-hydrogen) atoms. The smallest absolute Gasteiger partial charge is 0.152 e. The van der Waals surface area contributed by atoms with Crippen molar-refractivity contribution in [2.45, 2.75) is 19.6 Å². The molecular weight excluding hydrogens is 197 g/mol. The van der Waals surface area contributed by atoms with Crippen molar-refractivity contribution in [2.75, 3.05) is 0 Å². The predicted molar refractivity (Wildman–Crippen MR) is 53.2 cm³/mol. The third-order valence-corrected chi connectivity index (χ3v) is 4.01. The zero-order chi connectivity index (χ0) is 8.65. The van der Waals surface area contributed by atoms with Crippen LogP contribution < -0.4 is 0 Å². The second-order valence-corrected chi connectivity index (χ2v) is 9.20. The van der Waals surface area contributed by atoms with E-state index in [1.54, 1.807) is 0 Å². The first-order chi connectivity index (χ1) is 4.91. The molecule has 1 aromatic rings. The van der Waals surface area contributed by atoms with Gasteiger partial charge < -0.3 is 4.23 Å². The molecule has 1 aromatic heterocycles. The third kappa shape index (κ3) is 2.01. The summed E-state index contributed by atoms with van der Waals surface area (Å²) in [6, 6.07) is 0. The van der Waals surface area contributed by atoms with Gasteiger partial charge in [0, 0.05) is 12.4 Å². The first-order valence-corrected chi connectivity index (χ1v) is 7.65. The second kappa shape index (κ2) is 2.85. The van der Waals surface area contributed by atoms with E-state index in [-0.39, 0.29) is 0 Å². The predicted octanol–water partition coefficient (Wildman–Crippen LogP) is 3.48. The van der Waals surface area contributed by atoms with Crippen molar-refractivity contribution >= 4 is 31.4 Å². The number of aromatic nitrogens is 1. The van der Waals surface area contributed by atoms with Crippen molar-refractivity contribution in [2.24, 2.45) is 0 Å². The van der Waals surface area contributed by atoms with Crippen LogP contribution in [0.3, 0.4) is 0 Å². The molecule has 0 spiro atoms. The van der Waals surface area contributed by atoms with Gasteiger partial charge in [0.1, 0.15) is 0 Å². The van der Waals surface area contributed by atoms with E-state index in [9.17, 15) is 0 Å². The van der Waals surface area contributed by atoms with E-state index >= 15 is 0 Å². The Morgan fingerprint density at radius 2 is 1.45 bits per heavy atom. The molecule has 0 aliphatic rings. The minimum absolute atomic E-state index is 0.647. The Morgan fingerprint density at radius 3 is 1.64 bits per heavy atom. The molecule has 4 heteroatoms. The van der Waals surface area contributed by atoms with Crippen LogP contribution in [0.15, 0.2) is 12.4 Å². The van der Waals surface area contributed by atoms with Crippen LogP contribution >= 0.6 is 23.2 Å². The average Bonchev–Trinajstić information content (AvgIpc) is 2.11. The molecule has 0 aliphatic carbocycles. The lowest BCUT2D eigenvalue weighted by Gasteiger charge is -2.17.